The van der Waals surface area contributed by atoms with Crippen LogP contribution in [0.2, 0.25) is 0 Å². The summed E-state index contributed by atoms with van der Waals surface area (Å²) in [6.45, 7) is 10.2. The first kappa shape index (κ1) is 40.7. The Balaban J connectivity index is 0.00000217. The largest absolute Gasteiger partial charge is 0.480 e. The number of aliphatic carboxylic acids is 1. The van der Waals surface area contributed by atoms with Gasteiger partial charge < -0.3 is 10.0 Å². The van der Waals surface area contributed by atoms with Crippen LogP contribution in [0.1, 0.15) is 76.0 Å². The van der Waals surface area contributed by atoms with Crippen molar-refractivity contribution in [1.29, 1.82) is 0 Å². The van der Waals surface area contributed by atoms with Crippen molar-refractivity contribution in [2.45, 2.75) is 83.3 Å². The second-order valence-corrected chi connectivity index (χ2v) is 14.1. The van der Waals surface area contributed by atoms with Gasteiger partial charge in [-0.1, -0.05) is 62.4 Å². The van der Waals surface area contributed by atoms with Crippen molar-refractivity contribution in [1.82, 2.24) is 19.6 Å². The van der Waals surface area contributed by atoms with Gasteiger partial charge in [0, 0.05) is 36.3 Å². The van der Waals surface area contributed by atoms with Crippen molar-refractivity contribution in [3.8, 4) is 11.3 Å². The Labute approximate surface area is 309 Å². The Morgan fingerprint density at radius 1 is 0.959 bits per heavy atom. The van der Waals surface area contributed by atoms with Gasteiger partial charge in [-0.3, -0.25) is 14.4 Å². The summed E-state index contributed by atoms with van der Waals surface area (Å²) in [5, 5.41) is 17.6. The van der Waals surface area contributed by atoms with Gasteiger partial charge in [-0.25, -0.2) is 4.39 Å². The molecule has 0 amide bonds. The lowest BCUT2D eigenvalue weighted by molar-refractivity contribution is -0.144. The molecule has 2 aliphatic rings. The molecule has 1 aromatic heterocycles. The molecule has 10 heteroatoms. The van der Waals surface area contributed by atoms with Crippen LogP contribution in [0.3, 0.4) is 0 Å². The number of hydrogen-bond acceptors (Lipinski definition) is 4. The van der Waals surface area contributed by atoms with Gasteiger partial charge in [0.1, 0.15) is 11.9 Å². The van der Waals surface area contributed by atoms with E-state index in [1.54, 1.807) is 6.07 Å². The number of benzene rings is 3. The van der Waals surface area contributed by atoms with Crippen LogP contribution in [-0.4, -0.2) is 69.4 Å². The highest BCUT2D eigenvalue weighted by Crippen LogP contribution is 2.44. The zero-order valence-electron chi connectivity index (χ0n) is 29.0. The van der Waals surface area contributed by atoms with Crippen LogP contribution in [0.5, 0.6) is 0 Å². The molecule has 4 atom stereocenters. The number of likely N-dealkylation sites (tertiary alicyclic amines) is 1. The van der Waals surface area contributed by atoms with Crippen molar-refractivity contribution in [3.63, 3.8) is 0 Å². The van der Waals surface area contributed by atoms with E-state index < -0.39 is 12.0 Å². The van der Waals surface area contributed by atoms with Crippen LogP contribution in [0.15, 0.2) is 72.8 Å². The molecule has 6 nitrogen and oxygen atoms in total. The van der Waals surface area contributed by atoms with E-state index in [9.17, 15) is 14.3 Å². The Morgan fingerprint density at radius 2 is 1.67 bits per heavy atom. The van der Waals surface area contributed by atoms with Gasteiger partial charge in [0.05, 0.1) is 5.69 Å². The molecule has 1 aliphatic carbocycles. The van der Waals surface area contributed by atoms with Crippen LogP contribution >= 0.6 is 37.2 Å². The summed E-state index contributed by atoms with van der Waals surface area (Å²) in [6.07, 6.45) is 4.58. The second kappa shape index (κ2) is 18.0. The smallest absolute Gasteiger partial charge is 0.320 e. The molecule has 268 valence electrons. The third-order valence-corrected chi connectivity index (χ3v) is 10.6. The van der Waals surface area contributed by atoms with Crippen LogP contribution in [0.25, 0.3) is 22.0 Å². The number of carbonyl (C=O) groups is 1. The minimum absolute atomic E-state index is 0. The fraction of sp³-hybridized carbons (Fsp3) is 0.487. The number of nitrogens with zero attached hydrogens (tertiary/aromatic N) is 4. The maximum atomic E-state index is 14.4. The number of rotatable bonds is 11. The predicted molar refractivity (Wildman–Crippen MR) is 205 cm³/mol. The molecule has 2 heterocycles. The van der Waals surface area contributed by atoms with Crippen molar-refractivity contribution in [3.05, 3.63) is 89.9 Å². The van der Waals surface area contributed by atoms with E-state index in [0.29, 0.717) is 24.2 Å². The maximum absolute atomic E-state index is 14.4. The highest BCUT2D eigenvalue weighted by atomic mass is 35.5. The molecule has 1 saturated heterocycles. The molecule has 1 saturated carbocycles. The first-order valence-electron chi connectivity index (χ1n) is 17.2. The van der Waals surface area contributed by atoms with Gasteiger partial charge in [0.15, 0.2) is 0 Å². The molecule has 0 radical (unpaired) electrons. The molecule has 1 aliphatic heterocycles. The molecular formula is C39H52Cl3FN4O2. The van der Waals surface area contributed by atoms with E-state index in [0.717, 1.165) is 68.7 Å². The van der Waals surface area contributed by atoms with Gasteiger partial charge >= 0.3 is 5.97 Å². The number of aryl methyl sites for hydroxylation is 1. The minimum Gasteiger partial charge on any atom is -0.480 e. The summed E-state index contributed by atoms with van der Waals surface area (Å²) < 4.78 is 16.6. The standard InChI is InChI=1S/C39H49FN4O2.3ClH/c1-5-44-37(24-36(41-44)31-14-13-27-9-6-7-10-29(27)20-31)28-15-17-43(18-16-28)25-32-22-34(42(4)38(39(45)46)19-26(2)3)23-35(32)30-11-8-12-33(40)21-30;;;/h6-14,20-21,24,26,28,32,34-35,38H,5,15-19,22-23,25H2,1-4H3,(H,45,46);3*1H/t32?,34?,35?,38-;;;/m1.../s1. The number of piperidine rings is 1. The summed E-state index contributed by atoms with van der Waals surface area (Å²) in [6, 6.07) is 24.1. The van der Waals surface area contributed by atoms with E-state index in [4.69, 9.17) is 5.10 Å². The number of likely N-dealkylation sites (N-methyl/N-ethyl adjacent to an activating group) is 1. The van der Waals surface area contributed by atoms with Gasteiger partial charge in [-0.2, -0.15) is 5.10 Å². The highest BCUT2D eigenvalue weighted by molar-refractivity contribution is 5.87. The lowest BCUT2D eigenvalue weighted by atomic mass is 9.87. The summed E-state index contributed by atoms with van der Waals surface area (Å²) in [5.74, 6) is 0.368. The summed E-state index contributed by atoms with van der Waals surface area (Å²) in [5.41, 5.74) is 4.57. The van der Waals surface area contributed by atoms with E-state index >= 15 is 0 Å². The SMILES string of the molecule is CCn1nc(-c2ccc3ccccc3c2)cc1C1CCN(CC2CC(N(C)[C@H](CC(C)C)C(=O)O)CC2c2cccc(F)c2)CC1.Cl.Cl.Cl. The average Bonchev–Trinajstić information content (AvgIpc) is 3.68. The third-order valence-electron chi connectivity index (χ3n) is 10.6. The van der Waals surface area contributed by atoms with Crippen molar-refractivity contribution in [2.24, 2.45) is 11.8 Å². The van der Waals surface area contributed by atoms with Crippen LogP contribution in [-0.2, 0) is 11.3 Å². The highest BCUT2D eigenvalue weighted by Gasteiger charge is 2.41. The first-order valence-corrected chi connectivity index (χ1v) is 17.2. The van der Waals surface area contributed by atoms with Gasteiger partial charge in [0.2, 0.25) is 0 Å². The predicted octanol–water partition coefficient (Wildman–Crippen LogP) is 9.30. The lowest BCUT2D eigenvalue weighted by Crippen LogP contribution is -2.45. The summed E-state index contributed by atoms with van der Waals surface area (Å²) >= 11 is 0. The molecule has 1 N–H and O–H groups in total. The monoisotopic (exact) mass is 732 g/mol. The molecule has 49 heavy (non-hydrogen) atoms. The molecule has 2 fully saturated rings. The quantitative estimate of drug-likeness (QED) is 0.167. The van der Waals surface area contributed by atoms with E-state index in [1.807, 2.05) is 13.1 Å². The third kappa shape index (κ3) is 9.36. The molecule has 3 unspecified atom stereocenters. The number of aromatic nitrogens is 2. The lowest BCUT2D eigenvalue weighted by Gasteiger charge is -2.35. The number of carboxylic acids is 1. The van der Waals surface area contributed by atoms with E-state index in [-0.39, 0.29) is 55.0 Å². The molecule has 0 spiro atoms. The van der Waals surface area contributed by atoms with Gasteiger partial charge in [-0.15, -0.1) is 37.2 Å². The molecule has 3 aromatic carbocycles. The van der Waals surface area contributed by atoms with Crippen molar-refractivity contribution >= 4 is 54.0 Å². The number of halogens is 4. The zero-order valence-corrected chi connectivity index (χ0v) is 31.5. The average molecular weight is 734 g/mol. The molecular weight excluding hydrogens is 682 g/mol. The van der Waals surface area contributed by atoms with Crippen LogP contribution in [0, 0.1) is 17.7 Å². The van der Waals surface area contributed by atoms with Gasteiger partial charge in [0.25, 0.3) is 0 Å². The minimum atomic E-state index is -0.751. The number of hydrogen-bond donors (Lipinski definition) is 1. The van der Waals surface area contributed by atoms with E-state index in [1.165, 1.54) is 22.5 Å². The van der Waals surface area contributed by atoms with Gasteiger partial charge in [-0.05, 0) is 118 Å². The van der Waals surface area contributed by atoms with Crippen molar-refractivity contribution < 1.29 is 14.3 Å². The normalized spacial score (nSPS) is 20.5. The zero-order chi connectivity index (χ0) is 32.4. The topological polar surface area (TPSA) is 61.6 Å². The summed E-state index contributed by atoms with van der Waals surface area (Å²) in [4.78, 5) is 16.9. The maximum Gasteiger partial charge on any atom is 0.320 e. The Morgan fingerprint density at radius 3 is 2.33 bits per heavy atom. The Hall–Kier alpha value is -2.68. The fourth-order valence-corrected chi connectivity index (χ4v) is 8.16. The van der Waals surface area contributed by atoms with E-state index in [2.05, 4.69) is 89.9 Å². The molecule has 4 aromatic rings. The fourth-order valence-electron chi connectivity index (χ4n) is 8.16. The molecule has 6 rings (SSSR count). The number of carboxylic acid groups (broad SMARTS) is 1. The Kier molecular flexibility index (Phi) is 15.0. The van der Waals surface area contributed by atoms with Crippen LogP contribution < -0.4 is 0 Å². The molecule has 0 bridgehead atoms. The van der Waals surface area contributed by atoms with Crippen molar-refractivity contribution in [2.75, 3.05) is 26.7 Å². The Bertz CT molecular complexity index is 1660. The summed E-state index contributed by atoms with van der Waals surface area (Å²) in [7, 11) is 1.98. The second-order valence-electron chi connectivity index (χ2n) is 14.1. The first-order chi connectivity index (χ1) is 22.2. The van der Waals surface area contributed by atoms with Crippen LogP contribution in [0.4, 0.5) is 4.39 Å². The number of fused-ring (bicyclic) bond motifs is 1.